The lowest BCUT2D eigenvalue weighted by atomic mass is 9.38. The van der Waals surface area contributed by atoms with Crippen LogP contribution in [-0.2, 0) is 14.3 Å². The van der Waals surface area contributed by atoms with E-state index >= 15 is 0 Å². The zero-order valence-corrected chi connectivity index (χ0v) is 19.5. The number of rotatable bonds is 1. The maximum Gasteiger partial charge on any atom is 0.330 e. The van der Waals surface area contributed by atoms with Crippen LogP contribution in [-0.4, -0.2) is 45.7 Å². The maximum absolute atomic E-state index is 12.4. The lowest BCUT2D eigenvalue weighted by molar-refractivity contribution is -0.233. The maximum atomic E-state index is 12.4. The van der Waals surface area contributed by atoms with E-state index in [1.165, 1.54) is 0 Å². The summed E-state index contributed by atoms with van der Waals surface area (Å²) in [7, 11) is 0. The number of allylic oxidation sites excluding steroid dienone is 1. The molecule has 6 nitrogen and oxygen atoms in total. The molecule has 0 radical (unpaired) electrons. The SMILES string of the molecule is CC1(C)OC(=O)C=C[C@]2(C)[C@H]3CC[C@]4(C)[C@H](c5ccoc5)[C@H](O)[C@H]5O[C@]54[C@]3(C)[C@H](O)C[C@@H]12. The van der Waals surface area contributed by atoms with E-state index in [0.29, 0.717) is 6.42 Å². The van der Waals surface area contributed by atoms with Gasteiger partial charge in [0.15, 0.2) is 0 Å². The Hall–Kier alpha value is -1.63. The van der Waals surface area contributed by atoms with Crippen LogP contribution in [0.25, 0.3) is 0 Å². The molecule has 6 rings (SSSR count). The first-order valence-corrected chi connectivity index (χ1v) is 11.9. The van der Waals surface area contributed by atoms with E-state index in [1.54, 1.807) is 18.6 Å². The second kappa shape index (κ2) is 5.89. The highest BCUT2D eigenvalue weighted by Crippen LogP contribution is 2.81. The van der Waals surface area contributed by atoms with Gasteiger partial charge in [0.2, 0.25) is 0 Å². The molecule has 1 spiro atoms. The molecule has 32 heavy (non-hydrogen) atoms. The highest BCUT2D eigenvalue weighted by molar-refractivity contribution is 5.83. The molecule has 1 aromatic heterocycles. The van der Waals surface area contributed by atoms with Gasteiger partial charge >= 0.3 is 5.97 Å². The zero-order valence-electron chi connectivity index (χ0n) is 19.5. The van der Waals surface area contributed by atoms with Gasteiger partial charge in [-0.15, -0.1) is 0 Å². The lowest BCUT2D eigenvalue weighted by Gasteiger charge is -2.66. The molecule has 0 amide bonds. The Balaban J connectivity index is 1.51. The lowest BCUT2D eigenvalue weighted by Crippen LogP contribution is -2.69. The molecule has 3 saturated carbocycles. The second-order valence-corrected chi connectivity index (χ2v) is 12.1. The van der Waals surface area contributed by atoms with Gasteiger partial charge in [0.1, 0.15) is 17.3 Å². The fraction of sp³-hybridized carbons (Fsp3) is 0.731. The normalized spacial score (nSPS) is 55.2. The Morgan fingerprint density at radius 1 is 1.09 bits per heavy atom. The Morgan fingerprint density at radius 3 is 2.53 bits per heavy atom. The van der Waals surface area contributed by atoms with Crippen molar-refractivity contribution in [2.75, 3.05) is 0 Å². The summed E-state index contributed by atoms with van der Waals surface area (Å²) in [5.41, 5.74) is -1.53. The van der Waals surface area contributed by atoms with Crippen molar-refractivity contribution in [2.24, 2.45) is 28.1 Å². The van der Waals surface area contributed by atoms with E-state index in [4.69, 9.17) is 13.9 Å². The molecule has 3 aliphatic carbocycles. The number of carbonyl (C=O) groups excluding carboxylic acids is 1. The number of aliphatic hydroxyl groups is 2. The van der Waals surface area contributed by atoms with Crippen LogP contribution in [0.3, 0.4) is 0 Å². The van der Waals surface area contributed by atoms with Gasteiger partial charge in [0.25, 0.3) is 0 Å². The smallest absolute Gasteiger partial charge is 0.330 e. The Morgan fingerprint density at radius 2 is 1.84 bits per heavy atom. The van der Waals surface area contributed by atoms with Crippen molar-refractivity contribution in [1.82, 2.24) is 0 Å². The molecule has 3 heterocycles. The van der Waals surface area contributed by atoms with Crippen LogP contribution in [0.4, 0.5) is 0 Å². The number of fused-ring (bicyclic) bond motifs is 3. The van der Waals surface area contributed by atoms with Gasteiger partial charge in [0, 0.05) is 28.7 Å². The summed E-state index contributed by atoms with van der Waals surface area (Å²) >= 11 is 0. The molecule has 0 unspecified atom stereocenters. The van der Waals surface area contributed by atoms with E-state index < -0.39 is 28.8 Å². The summed E-state index contributed by atoms with van der Waals surface area (Å²) in [6, 6.07) is 1.94. The third-order valence-electron chi connectivity index (χ3n) is 10.7. The Labute approximate surface area is 189 Å². The predicted molar refractivity (Wildman–Crippen MR) is 116 cm³/mol. The summed E-state index contributed by atoms with van der Waals surface area (Å²) in [4.78, 5) is 12.4. The molecule has 2 N–H and O–H groups in total. The number of hydrogen-bond acceptors (Lipinski definition) is 6. The minimum absolute atomic E-state index is 0.0141. The van der Waals surface area contributed by atoms with Gasteiger partial charge < -0.3 is 24.1 Å². The standard InChI is InChI=1S/C26H34O6/c1-22(2)16-12-17(27)25(5)15(23(16,3)9-7-18(28)31-22)6-10-24(4)19(14-8-11-30-13-14)20(29)21-26(24,25)32-21/h7-9,11,13,15-17,19-21,27,29H,6,10,12H2,1-5H3/t15-,16+,17-,19-,20+,21-,23-,24-,25+,26-/m1/s1. The quantitative estimate of drug-likeness (QED) is 0.510. The van der Waals surface area contributed by atoms with Crippen molar-refractivity contribution in [3.05, 3.63) is 36.3 Å². The number of cyclic esters (lactones) is 1. The number of epoxide rings is 1. The van der Waals surface area contributed by atoms with Gasteiger partial charge in [-0.25, -0.2) is 4.79 Å². The third-order valence-corrected chi connectivity index (χ3v) is 10.7. The number of carbonyl (C=O) groups is 1. The van der Waals surface area contributed by atoms with Crippen LogP contribution >= 0.6 is 0 Å². The Kier molecular flexibility index (Phi) is 3.85. The van der Waals surface area contributed by atoms with Crippen LogP contribution in [0, 0.1) is 28.1 Å². The van der Waals surface area contributed by atoms with Crippen LogP contribution in [0.15, 0.2) is 35.2 Å². The number of furan rings is 1. The van der Waals surface area contributed by atoms with Gasteiger partial charge in [0.05, 0.1) is 24.7 Å². The largest absolute Gasteiger partial charge is 0.472 e. The minimum Gasteiger partial charge on any atom is -0.472 e. The number of aliphatic hydroxyl groups excluding tert-OH is 2. The summed E-state index contributed by atoms with van der Waals surface area (Å²) in [6.07, 6.45) is 7.71. The first-order chi connectivity index (χ1) is 14.9. The van der Waals surface area contributed by atoms with Gasteiger partial charge in [-0.3, -0.25) is 0 Å². The number of ether oxygens (including phenoxy) is 2. The molecule has 0 bridgehead atoms. The van der Waals surface area contributed by atoms with Crippen molar-refractivity contribution in [1.29, 1.82) is 0 Å². The van der Waals surface area contributed by atoms with Crippen LogP contribution in [0.5, 0.6) is 0 Å². The van der Waals surface area contributed by atoms with E-state index in [1.807, 2.05) is 26.0 Å². The predicted octanol–water partition coefficient (Wildman–Crippen LogP) is 3.58. The van der Waals surface area contributed by atoms with E-state index in [9.17, 15) is 15.0 Å². The molecule has 174 valence electrons. The summed E-state index contributed by atoms with van der Waals surface area (Å²) < 4.78 is 17.7. The fourth-order valence-corrected chi connectivity index (χ4v) is 9.41. The van der Waals surface area contributed by atoms with Crippen molar-refractivity contribution < 1.29 is 28.9 Å². The highest BCUT2D eigenvalue weighted by Gasteiger charge is 2.89. The molecule has 4 fully saturated rings. The topological polar surface area (TPSA) is 92.4 Å². The molecular formula is C26H34O6. The molecular weight excluding hydrogens is 408 g/mol. The van der Waals surface area contributed by atoms with Gasteiger partial charge in [-0.2, -0.15) is 0 Å². The van der Waals surface area contributed by atoms with E-state index in [-0.39, 0.29) is 40.7 Å². The molecule has 0 aromatic carbocycles. The minimum atomic E-state index is -0.686. The van der Waals surface area contributed by atoms with Crippen molar-refractivity contribution >= 4 is 5.97 Å². The average molecular weight is 443 g/mol. The van der Waals surface area contributed by atoms with Crippen LogP contribution in [0.2, 0.25) is 0 Å². The zero-order chi connectivity index (χ0) is 22.9. The second-order valence-electron chi connectivity index (χ2n) is 12.1. The van der Waals surface area contributed by atoms with Gasteiger partial charge in [-0.1, -0.05) is 26.8 Å². The van der Waals surface area contributed by atoms with Crippen LogP contribution < -0.4 is 0 Å². The third kappa shape index (κ3) is 2.07. The van der Waals surface area contributed by atoms with Crippen molar-refractivity contribution in [2.45, 2.75) is 89.3 Å². The monoisotopic (exact) mass is 442 g/mol. The summed E-state index contributed by atoms with van der Waals surface area (Å²) in [5, 5.41) is 23.2. The average Bonchev–Trinajstić information content (AvgIpc) is 3.22. The van der Waals surface area contributed by atoms with E-state index in [2.05, 4.69) is 20.8 Å². The molecule has 6 heteroatoms. The van der Waals surface area contributed by atoms with Crippen LogP contribution in [0.1, 0.15) is 65.4 Å². The highest BCUT2D eigenvalue weighted by atomic mass is 16.6. The molecule has 1 saturated heterocycles. The molecule has 10 atom stereocenters. The molecule has 5 aliphatic rings. The molecule has 2 aliphatic heterocycles. The van der Waals surface area contributed by atoms with Gasteiger partial charge in [-0.05, 0) is 56.1 Å². The van der Waals surface area contributed by atoms with Crippen molar-refractivity contribution in [3.63, 3.8) is 0 Å². The number of hydrogen-bond donors (Lipinski definition) is 2. The first kappa shape index (κ1) is 20.9. The molecule has 1 aromatic rings. The Bertz CT molecular complexity index is 998. The van der Waals surface area contributed by atoms with Crippen molar-refractivity contribution in [3.8, 4) is 0 Å². The summed E-state index contributed by atoms with van der Waals surface area (Å²) in [5.74, 6) is -0.346. The fourth-order valence-electron chi connectivity index (χ4n) is 9.41. The number of esters is 1. The first-order valence-electron chi connectivity index (χ1n) is 11.9. The summed E-state index contributed by atoms with van der Waals surface area (Å²) in [6.45, 7) is 10.5. The van der Waals surface area contributed by atoms with E-state index in [0.717, 1.165) is 18.4 Å².